The average molecular weight is 315 g/mol. The lowest BCUT2D eigenvalue weighted by Gasteiger charge is -2.15. The van der Waals surface area contributed by atoms with Crippen LogP contribution in [-0.2, 0) is 0 Å². The molecule has 2 aromatic carbocycles. The molecule has 0 aliphatic rings. The number of halogens is 3. The first-order valence-electron chi connectivity index (χ1n) is 5.05. The molecule has 1 atom stereocenters. The Balaban J connectivity index is 2.48. The van der Waals surface area contributed by atoms with Crippen LogP contribution in [0, 0.1) is 5.82 Å². The number of nitrogens with two attached hydrogens (primary N) is 1. The fourth-order valence-corrected chi connectivity index (χ4v) is 2.28. The topological polar surface area (TPSA) is 26.0 Å². The predicted octanol–water partition coefficient (Wildman–Crippen LogP) is 4.29. The third-order valence-corrected chi connectivity index (χ3v) is 3.87. The number of benzene rings is 2. The third kappa shape index (κ3) is 2.51. The van der Waals surface area contributed by atoms with Crippen molar-refractivity contribution in [1.29, 1.82) is 0 Å². The molecule has 0 saturated heterocycles. The van der Waals surface area contributed by atoms with Gasteiger partial charge in [0.1, 0.15) is 5.82 Å². The van der Waals surface area contributed by atoms with Gasteiger partial charge in [-0.25, -0.2) is 4.39 Å². The van der Waals surface area contributed by atoms with Crippen molar-refractivity contribution < 1.29 is 4.39 Å². The van der Waals surface area contributed by atoms with Crippen LogP contribution in [0.4, 0.5) is 4.39 Å². The summed E-state index contributed by atoms with van der Waals surface area (Å²) in [5.74, 6) is -0.323. The largest absolute Gasteiger partial charge is 0.320 e. The van der Waals surface area contributed by atoms with Crippen molar-refractivity contribution >= 4 is 27.5 Å². The Morgan fingerprint density at radius 2 is 1.71 bits per heavy atom. The fraction of sp³-hybridized carbons (Fsp3) is 0.0769. The zero-order valence-corrected chi connectivity index (χ0v) is 11.2. The molecule has 0 aromatic heterocycles. The Morgan fingerprint density at radius 3 is 2.41 bits per heavy atom. The second kappa shape index (κ2) is 5.17. The minimum Gasteiger partial charge on any atom is -0.320 e. The fourth-order valence-electron chi connectivity index (χ4n) is 1.66. The number of hydrogen-bond donors (Lipinski definition) is 1. The van der Waals surface area contributed by atoms with Crippen LogP contribution in [0.5, 0.6) is 0 Å². The number of hydrogen-bond acceptors (Lipinski definition) is 1. The molecule has 0 spiro atoms. The Hall–Kier alpha value is -0.900. The molecule has 0 bridgehead atoms. The first kappa shape index (κ1) is 12.6. The zero-order valence-electron chi connectivity index (χ0n) is 8.83. The molecule has 0 aliphatic carbocycles. The van der Waals surface area contributed by atoms with Crippen LogP contribution in [0.3, 0.4) is 0 Å². The Bertz CT molecular complexity index is 545. The molecular weight excluding hydrogens is 305 g/mol. The predicted molar refractivity (Wildman–Crippen MR) is 71.6 cm³/mol. The molecule has 4 heteroatoms. The molecule has 17 heavy (non-hydrogen) atoms. The highest BCUT2D eigenvalue weighted by atomic mass is 79.9. The Kier molecular flexibility index (Phi) is 3.82. The number of rotatable bonds is 2. The van der Waals surface area contributed by atoms with E-state index in [1.54, 1.807) is 24.3 Å². The van der Waals surface area contributed by atoms with Crippen LogP contribution < -0.4 is 5.73 Å². The van der Waals surface area contributed by atoms with Gasteiger partial charge in [0, 0.05) is 10.0 Å². The van der Waals surface area contributed by atoms with Gasteiger partial charge < -0.3 is 5.73 Å². The Morgan fingerprint density at radius 1 is 1.06 bits per heavy atom. The van der Waals surface area contributed by atoms with Gasteiger partial charge in [-0.2, -0.15) is 0 Å². The lowest BCUT2D eigenvalue weighted by Crippen LogP contribution is -2.14. The van der Waals surface area contributed by atoms with Crippen LogP contribution in [0.1, 0.15) is 17.2 Å². The minimum atomic E-state index is -0.568. The maximum absolute atomic E-state index is 13.6. The second-order valence-electron chi connectivity index (χ2n) is 3.64. The van der Waals surface area contributed by atoms with E-state index in [-0.39, 0.29) is 5.82 Å². The van der Waals surface area contributed by atoms with Gasteiger partial charge in [0.15, 0.2) is 0 Å². The summed E-state index contributed by atoms with van der Waals surface area (Å²) in [5.41, 5.74) is 7.18. The van der Waals surface area contributed by atoms with Crippen LogP contribution in [0.2, 0.25) is 5.02 Å². The first-order valence-corrected chi connectivity index (χ1v) is 6.22. The Labute approximate surface area is 113 Å². The summed E-state index contributed by atoms with van der Waals surface area (Å²) >= 11 is 9.47. The van der Waals surface area contributed by atoms with Gasteiger partial charge in [-0.3, -0.25) is 0 Å². The molecular formula is C13H10BrClFN. The van der Waals surface area contributed by atoms with Crippen LogP contribution in [0.25, 0.3) is 0 Å². The first-order chi connectivity index (χ1) is 8.11. The van der Waals surface area contributed by atoms with Gasteiger partial charge >= 0.3 is 0 Å². The van der Waals surface area contributed by atoms with Crippen molar-refractivity contribution in [1.82, 2.24) is 0 Å². The molecule has 1 unspecified atom stereocenters. The summed E-state index contributed by atoms with van der Waals surface area (Å²) in [7, 11) is 0. The minimum absolute atomic E-state index is 0.323. The lowest BCUT2D eigenvalue weighted by molar-refractivity contribution is 0.599. The highest BCUT2D eigenvalue weighted by molar-refractivity contribution is 9.10. The van der Waals surface area contributed by atoms with Crippen LogP contribution in [-0.4, -0.2) is 0 Å². The van der Waals surface area contributed by atoms with Gasteiger partial charge in [0.2, 0.25) is 0 Å². The molecule has 0 radical (unpaired) electrons. The van der Waals surface area contributed by atoms with Crippen molar-refractivity contribution in [3.63, 3.8) is 0 Å². The van der Waals surface area contributed by atoms with Gasteiger partial charge in [-0.15, -0.1) is 0 Å². The van der Waals surface area contributed by atoms with E-state index < -0.39 is 6.04 Å². The van der Waals surface area contributed by atoms with E-state index in [0.29, 0.717) is 16.1 Å². The highest BCUT2D eigenvalue weighted by Crippen LogP contribution is 2.32. The van der Waals surface area contributed by atoms with E-state index in [1.165, 1.54) is 6.07 Å². The molecule has 2 rings (SSSR count). The second-order valence-corrected chi connectivity index (χ2v) is 4.87. The quantitative estimate of drug-likeness (QED) is 0.879. The summed E-state index contributed by atoms with van der Waals surface area (Å²) in [6, 6.07) is 11.3. The van der Waals surface area contributed by atoms with Crippen molar-refractivity contribution in [2.24, 2.45) is 5.73 Å². The maximum Gasteiger partial charge on any atom is 0.128 e. The molecule has 0 amide bonds. The molecule has 2 aromatic rings. The van der Waals surface area contributed by atoms with Crippen molar-refractivity contribution in [3.05, 3.63) is 68.9 Å². The van der Waals surface area contributed by atoms with Gasteiger partial charge in [-0.05, 0) is 33.6 Å². The van der Waals surface area contributed by atoms with E-state index in [9.17, 15) is 4.39 Å². The van der Waals surface area contributed by atoms with Gasteiger partial charge in [0.25, 0.3) is 0 Å². The maximum atomic E-state index is 13.6. The normalized spacial score (nSPS) is 12.5. The standard InChI is InChI=1S/C13H10BrClFN/c14-10-6-3-5-9(12(10)15)13(17)8-4-1-2-7-11(8)16/h1-7,13H,17H2. The summed E-state index contributed by atoms with van der Waals surface area (Å²) in [4.78, 5) is 0. The van der Waals surface area contributed by atoms with Crippen LogP contribution in [0.15, 0.2) is 46.9 Å². The monoisotopic (exact) mass is 313 g/mol. The van der Waals surface area contributed by atoms with Crippen molar-refractivity contribution in [2.45, 2.75) is 6.04 Å². The smallest absolute Gasteiger partial charge is 0.128 e. The SMILES string of the molecule is NC(c1ccccc1F)c1cccc(Br)c1Cl. The molecule has 2 N–H and O–H groups in total. The third-order valence-electron chi connectivity index (χ3n) is 2.56. The van der Waals surface area contributed by atoms with E-state index in [4.69, 9.17) is 17.3 Å². The zero-order chi connectivity index (χ0) is 12.4. The van der Waals surface area contributed by atoms with Gasteiger partial charge in [0.05, 0.1) is 11.1 Å². The lowest BCUT2D eigenvalue weighted by atomic mass is 9.99. The molecule has 0 saturated carbocycles. The van der Waals surface area contributed by atoms with Crippen molar-refractivity contribution in [3.8, 4) is 0 Å². The van der Waals surface area contributed by atoms with Crippen molar-refractivity contribution in [2.75, 3.05) is 0 Å². The van der Waals surface area contributed by atoms with E-state index in [2.05, 4.69) is 15.9 Å². The highest BCUT2D eigenvalue weighted by Gasteiger charge is 2.16. The average Bonchev–Trinajstić information content (AvgIpc) is 2.32. The molecule has 1 nitrogen and oxygen atoms in total. The molecule has 88 valence electrons. The summed E-state index contributed by atoms with van der Waals surface area (Å²) in [6.07, 6.45) is 0. The molecule has 0 fully saturated rings. The summed E-state index contributed by atoms with van der Waals surface area (Å²) < 4.78 is 14.4. The van der Waals surface area contributed by atoms with Gasteiger partial charge in [-0.1, -0.05) is 41.9 Å². The van der Waals surface area contributed by atoms with E-state index >= 15 is 0 Å². The van der Waals surface area contributed by atoms with Crippen LogP contribution >= 0.6 is 27.5 Å². The summed E-state index contributed by atoms with van der Waals surface area (Å²) in [5, 5.41) is 0.517. The van der Waals surface area contributed by atoms with E-state index in [0.717, 1.165) is 4.47 Å². The molecule has 0 heterocycles. The molecule has 0 aliphatic heterocycles. The summed E-state index contributed by atoms with van der Waals surface area (Å²) in [6.45, 7) is 0. The van der Waals surface area contributed by atoms with E-state index in [1.807, 2.05) is 12.1 Å².